The van der Waals surface area contributed by atoms with Gasteiger partial charge in [-0.1, -0.05) is 12.1 Å². The van der Waals surface area contributed by atoms with Gasteiger partial charge in [-0.3, -0.25) is 4.79 Å². The first kappa shape index (κ1) is 15.8. The van der Waals surface area contributed by atoms with Crippen molar-refractivity contribution in [3.8, 4) is 11.8 Å². The number of hydrogen-bond donors (Lipinski definition) is 0. The first-order valence-corrected chi connectivity index (χ1v) is 7.71. The maximum Gasteiger partial charge on any atom is 0.163 e. The van der Waals surface area contributed by atoms with E-state index in [1.165, 1.54) is 6.92 Å². The quantitative estimate of drug-likeness (QED) is 0.658. The highest BCUT2D eigenvalue weighted by Crippen LogP contribution is 2.28. The lowest BCUT2D eigenvalue weighted by atomic mass is 10.0. The van der Waals surface area contributed by atoms with Crippen molar-refractivity contribution in [3.05, 3.63) is 64.9 Å². The van der Waals surface area contributed by atoms with Crippen LogP contribution in [-0.2, 0) is 12.8 Å². The average Bonchev–Trinajstić information content (AvgIpc) is 2.97. The van der Waals surface area contributed by atoms with E-state index in [0.717, 1.165) is 17.7 Å². The number of ether oxygens (including phenoxy) is 1. The highest BCUT2D eigenvalue weighted by Gasteiger charge is 2.18. The number of rotatable bonds is 5. The van der Waals surface area contributed by atoms with Gasteiger partial charge < -0.3 is 9.15 Å². The first-order valence-electron chi connectivity index (χ1n) is 7.71. The number of carbonyl (C=O) groups is 1. The topological polar surface area (TPSA) is 63.2 Å². The minimum absolute atomic E-state index is 0.0476. The molecule has 0 amide bonds. The molecule has 0 bridgehead atoms. The van der Waals surface area contributed by atoms with E-state index in [2.05, 4.69) is 6.07 Å². The number of hydrogen-bond acceptors (Lipinski definition) is 4. The SMILES string of the molecule is COc1ccc(CCc2oc3ccc(C#N)cc3c2C(C)=O)cc1. The summed E-state index contributed by atoms with van der Waals surface area (Å²) in [6, 6.07) is 15.1. The van der Waals surface area contributed by atoms with Crippen LogP contribution in [0.1, 0.15) is 34.2 Å². The van der Waals surface area contributed by atoms with Crippen LogP contribution in [-0.4, -0.2) is 12.9 Å². The van der Waals surface area contributed by atoms with Crippen molar-refractivity contribution in [1.29, 1.82) is 5.26 Å². The molecule has 0 saturated carbocycles. The number of aryl methyl sites for hydroxylation is 2. The maximum absolute atomic E-state index is 12.1. The molecule has 0 spiro atoms. The molecule has 0 aliphatic carbocycles. The van der Waals surface area contributed by atoms with Crippen molar-refractivity contribution in [1.82, 2.24) is 0 Å². The number of ketones is 1. The first-order chi connectivity index (χ1) is 11.6. The van der Waals surface area contributed by atoms with E-state index in [-0.39, 0.29) is 5.78 Å². The van der Waals surface area contributed by atoms with Crippen molar-refractivity contribution in [2.75, 3.05) is 7.11 Å². The van der Waals surface area contributed by atoms with Crippen molar-refractivity contribution < 1.29 is 13.9 Å². The number of carbonyl (C=O) groups excluding carboxylic acids is 1. The Labute approximate surface area is 140 Å². The molecule has 1 aromatic heterocycles. The standard InChI is InChI=1S/C20H17NO3/c1-13(22)20-17-11-15(12-21)6-9-18(17)24-19(20)10-5-14-3-7-16(23-2)8-4-14/h3-4,6-9,11H,5,10H2,1-2H3. The van der Waals surface area contributed by atoms with Gasteiger partial charge in [-0.05, 0) is 49.2 Å². The van der Waals surface area contributed by atoms with Crippen LogP contribution in [0, 0.1) is 11.3 Å². The predicted octanol–water partition coefficient (Wildman–Crippen LogP) is 4.30. The fourth-order valence-electron chi connectivity index (χ4n) is 2.83. The number of nitrogens with zero attached hydrogens (tertiary/aromatic N) is 1. The minimum atomic E-state index is -0.0476. The van der Waals surface area contributed by atoms with E-state index in [4.69, 9.17) is 14.4 Å². The third-order valence-corrected chi connectivity index (χ3v) is 4.04. The van der Waals surface area contributed by atoms with Crippen molar-refractivity contribution in [2.24, 2.45) is 0 Å². The summed E-state index contributed by atoms with van der Waals surface area (Å²) in [6.07, 6.45) is 1.38. The lowest BCUT2D eigenvalue weighted by molar-refractivity contribution is 0.101. The highest BCUT2D eigenvalue weighted by atomic mass is 16.5. The maximum atomic E-state index is 12.1. The summed E-state index contributed by atoms with van der Waals surface area (Å²) in [4.78, 5) is 12.1. The Bertz CT molecular complexity index is 930. The van der Waals surface area contributed by atoms with Crippen LogP contribution in [0.15, 0.2) is 46.9 Å². The molecular weight excluding hydrogens is 302 g/mol. The van der Waals surface area contributed by atoms with E-state index in [0.29, 0.717) is 34.3 Å². The molecule has 1 heterocycles. The molecule has 2 aromatic carbocycles. The van der Waals surface area contributed by atoms with Gasteiger partial charge in [0.1, 0.15) is 17.1 Å². The van der Waals surface area contributed by atoms with Gasteiger partial charge in [0.15, 0.2) is 5.78 Å². The molecule has 0 aliphatic heterocycles. The summed E-state index contributed by atoms with van der Waals surface area (Å²) < 4.78 is 11.0. The van der Waals surface area contributed by atoms with Gasteiger partial charge in [0.05, 0.1) is 24.3 Å². The molecule has 0 unspecified atom stereocenters. The lowest BCUT2D eigenvalue weighted by Gasteiger charge is -2.03. The van der Waals surface area contributed by atoms with Crippen LogP contribution in [0.25, 0.3) is 11.0 Å². The van der Waals surface area contributed by atoms with Crippen LogP contribution < -0.4 is 4.74 Å². The van der Waals surface area contributed by atoms with Crippen LogP contribution in [0.5, 0.6) is 5.75 Å². The number of nitriles is 1. The zero-order chi connectivity index (χ0) is 17.1. The second-order valence-electron chi connectivity index (χ2n) is 5.63. The highest BCUT2D eigenvalue weighted by molar-refractivity contribution is 6.07. The second-order valence-corrected chi connectivity index (χ2v) is 5.63. The Morgan fingerprint density at radius 3 is 2.54 bits per heavy atom. The van der Waals surface area contributed by atoms with Gasteiger partial charge in [-0.2, -0.15) is 5.26 Å². The predicted molar refractivity (Wildman–Crippen MR) is 91.3 cm³/mol. The lowest BCUT2D eigenvalue weighted by Crippen LogP contribution is -1.98. The number of furan rings is 1. The molecule has 24 heavy (non-hydrogen) atoms. The number of methoxy groups -OCH3 is 1. The summed E-state index contributed by atoms with van der Waals surface area (Å²) in [5.41, 5.74) is 2.88. The Balaban J connectivity index is 1.92. The normalized spacial score (nSPS) is 10.5. The molecule has 0 N–H and O–H groups in total. The molecule has 120 valence electrons. The zero-order valence-corrected chi connectivity index (χ0v) is 13.6. The van der Waals surface area contributed by atoms with Crippen molar-refractivity contribution >= 4 is 16.8 Å². The van der Waals surface area contributed by atoms with E-state index in [1.807, 2.05) is 24.3 Å². The molecule has 4 heteroatoms. The van der Waals surface area contributed by atoms with E-state index in [1.54, 1.807) is 25.3 Å². The third kappa shape index (κ3) is 3.02. The smallest absolute Gasteiger partial charge is 0.163 e. The molecule has 0 atom stereocenters. The molecule has 0 saturated heterocycles. The summed E-state index contributed by atoms with van der Waals surface area (Å²) in [6.45, 7) is 1.53. The minimum Gasteiger partial charge on any atom is -0.497 e. The van der Waals surface area contributed by atoms with Crippen LogP contribution >= 0.6 is 0 Å². The van der Waals surface area contributed by atoms with Crippen LogP contribution in [0.2, 0.25) is 0 Å². The van der Waals surface area contributed by atoms with Gasteiger partial charge in [0, 0.05) is 11.8 Å². The molecule has 0 radical (unpaired) electrons. The molecule has 0 fully saturated rings. The third-order valence-electron chi connectivity index (χ3n) is 4.04. The van der Waals surface area contributed by atoms with Gasteiger partial charge >= 0.3 is 0 Å². The Hall–Kier alpha value is -3.06. The van der Waals surface area contributed by atoms with E-state index in [9.17, 15) is 4.79 Å². The van der Waals surface area contributed by atoms with Gasteiger partial charge in [0.2, 0.25) is 0 Å². The fourth-order valence-corrected chi connectivity index (χ4v) is 2.83. The van der Waals surface area contributed by atoms with Gasteiger partial charge in [-0.15, -0.1) is 0 Å². The Morgan fingerprint density at radius 2 is 1.92 bits per heavy atom. The number of benzene rings is 2. The van der Waals surface area contributed by atoms with Crippen LogP contribution in [0.3, 0.4) is 0 Å². The van der Waals surface area contributed by atoms with E-state index < -0.39 is 0 Å². The van der Waals surface area contributed by atoms with Gasteiger partial charge in [0.25, 0.3) is 0 Å². The fraction of sp³-hybridized carbons (Fsp3) is 0.200. The Morgan fingerprint density at radius 1 is 1.17 bits per heavy atom. The molecule has 3 rings (SSSR count). The van der Waals surface area contributed by atoms with Crippen molar-refractivity contribution in [2.45, 2.75) is 19.8 Å². The monoisotopic (exact) mass is 319 g/mol. The summed E-state index contributed by atoms with van der Waals surface area (Å²) in [5, 5.41) is 9.77. The molecule has 3 aromatic rings. The molecular formula is C20H17NO3. The van der Waals surface area contributed by atoms with Crippen molar-refractivity contribution in [3.63, 3.8) is 0 Å². The van der Waals surface area contributed by atoms with Crippen LogP contribution in [0.4, 0.5) is 0 Å². The van der Waals surface area contributed by atoms with E-state index >= 15 is 0 Å². The summed E-state index contributed by atoms with van der Waals surface area (Å²) in [5.74, 6) is 1.44. The number of Topliss-reactive ketones (excluding diaryl/α,β-unsaturated/α-hetero) is 1. The average molecular weight is 319 g/mol. The summed E-state index contributed by atoms with van der Waals surface area (Å²) in [7, 11) is 1.64. The molecule has 0 aliphatic rings. The zero-order valence-electron chi connectivity index (χ0n) is 13.6. The second kappa shape index (κ2) is 6.59. The Kier molecular flexibility index (Phi) is 4.35. The largest absolute Gasteiger partial charge is 0.497 e. The van der Waals surface area contributed by atoms with Gasteiger partial charge in [-0.25, -0.2) is 0 Å². The number of fused-ring (bicyclic) bond motifs is 1. The summed E-state index contributed by atoms with van der Waals surface area (Å²) >= 11 is 0. The molecule has 4 nitrogen and oxygen atoms in total.